The second kappa shape index (κ2) is 10.6. The van der Waals surface area contributed by atoms with Crippen molar-refractivity contribution in [3.8, 4) is 0 Å². The van der Waals surface area contributed by atoms with Crippen LogP contribution in [0.15, 0.2) is 42.6 Å². The number of hydrogen-bond acceptors (Lipinski definition) is 6. The first kappa shape index (κ1) is 21.6. The fourth-order valence-corrected chi connectivity index (χ4v) is 3.84. The molecule has 6 nitrogen and oxygen atoms in total. The number of methoxy groups -OCH3 is 1. The maximum atomic E-state index is 5.90. The van der Waals surface area contributed by atoms with Gasteiger partial charge in [-0.3, -0.25) is 4.90 Å². The summed E-state index contributed by atoms with van der Waals surface area (Å²) < 4.78 is 11.1. The van der Waals surface area contributed by atoms with Crippen LogP contribution in [0.4, 0.5) is 11.5 Å². The van der Waals surface area contributed by atoms with Crippen molar-refractivity contribution >= 4 is 11.5 Å². The Morgan fingerprint density at radius 2 is 1.97 bits per heavy atom. The van der Waals surface area contributed by atoms with Gasteiger partial charge in [0, 0.05) is 51.7 Å². The second-order valence-electron chi connectivity index (χ2n) is 7.92. The molecule has 0 radical (unpaired) electrons. The molecule has 2 aromatic rings. The zero-order valence-corrected chi connectivity index (χ0v) is 18.1. The van der Waals surface area contributed by atoms with Gasteiger partial charge in [0.1, 0.15) is 5.82 Å². The molecular weight excluding hydrogens is 364 g/mol. The summed E-state index contributed by atoms with van der Waals surface area (Å²) in [5.41, 5.74) is 3.79. The molecule has 1 aromatic carbocycles. The summed E-state index contributed by atoms with van der Waals surface area (Å²) in [5.74, 6) is 0.904. The van der Waals surface area contributed by atoms with Gasteiger partial charge in [-0.15, -0.1) is 0 Å². The fraction of sp³-hybridized carbons (Fsp3) is 0.522. The topological polar surface area (TPSA) is 49.9 Å². The molecule has 0 bridgehead atoms. The van der Waals surface area contributed by atoms with Gasteiger partial charge in [-0.25, -0.2) is 4.98 Å². The van der Waals surface area contributed by atoms with E-state index < -0.39 is 0 Å². The first-order chi connectivity index (χ1) is 14.0. The largest absolute Gasteiger partial charge is 0.383 e. The quantitative estimate of drug-likeness (QED) is 0.699. The van der Waals surface area contributed by atoms with Crippen LogP contribution in [0.1, 0.15) is 25.0 Å². The van der Waals surface area contributed by atoms with Crippen molar-refractivity contribution in [2.75, 3.05) is 50.6 Å². The average molecular weight is 399 g/mol. The van der Waals surface area contributed by atoms with Gasteiger partial charge >= 0.3 is 0 Å². The van der Waals surface area contributed by atoms with E-state index >= 15 is 0 Å². The smallest absolute Gasteiger partial charge is 0.126 e. The van der Waals surface area contributed by atoms with E-state index in [-0.39, 0.29) is 12.2 Å². The summed E-state index contributed by atoms with van der Waals surface area (Å²) in [6, 6.07) is 12.8. The number of benzene rings is 1. The van der Waals surface area contributed by atoms with Crippen LogP contribution in [0, 0.1) is 0 Å². The number of likely N-dealkylation sites (N-methyl/N-ethyl adjacent to an activating group) is 1. The van der Waals surface area contributed by atoms with Gasteiger partial charge in [0.05, 0.1) is 18.8 Å². The van der Waals surface area contributed by atoms with Gasteiger partial charge in [-0.2, -0.15) is 0 Å². The summed E-state index contributed by atoms with van der Waals surface area (Å²) in [5, 5.41) is 3.51. The molecule has 0 saturated carbocycles. The summed E-state index contributed by atoms with van der Waals surface area (Å²) in [6.45, 7) is 9.39. The minimum atomic E-state index is 0.244. The third-order valence-electron chi connectivity index (χ3n) is 5.17. The monoisotopic (exact) mass is 398 g/mol. The highest BCUT2D eigenvalue weighted by molar-refractivity contribution is 5.55. The SMILES string of the molecule is COCCN(C)Cc1ccnc(NCc2ccccc2N2CC(C)OC(C)C2)c1. The van der Waals surface area contributed by atoms with Crippen molar-refractivity contribution in [2.45, 2.75) is 39.1 Å². The number of nitrogens with zero attached hydrogens (tertiary/aromatic N) is 3. The maximum Gasteiger partial charge on any atom is 0.126 e. The molecule has 2 unspecified atom stereocenters. The minimum absolute atomic E-state index is 0.244. The van der Waals surface area contributed by atoms with Gasteiger partial charge < -0.3 is 19.7 Å². The Labute approximate surface area is 174 Å². The molecule has 1 aliphatic rings. The zero-order chi connectivity index (χ0) is 20.6. The number of morpholine rings is 1. The summed E-state index contributed by atoms with van der Waals surface area (Å²) in [6.07, 6.45) is 2.36. The first-order valence-electron chi connectivity index (χ1n) is 10.4. The van der Waals surface area contributed by atoms with Crippen molar-refractivity contribution < 1.29 is 9.47 Å². The van der Waals surface area contributed by atoms with Crippen LogP contribution in [0.2, 0.25) is 0 Å². The number of nitrogens with one attached hydrogen (secondary N) is 1. The molecule has 158 valence electrons. The Bertz CT molecular complexity index is 760. The molecule has 2 atom stereocenters. The van der Waals surface area contributed by atoms with Gasteiger partial charge in [0.15, 0.2) is 0 Å². The van der Waals surface area contributed by atoms with Crippen LogP contribution in [-0.2, 0) is 22.6 Å². The lowest BCUT2D eigenvalue weighted by molar-refractivity contribution is -0.00525. The number of aromatic nitrogens is 1. The highest BCUT2D eigenvalue weighted by Crippen LogP contribution is 2.25. The molecule has 1 aromatic heterocycles. The highest BCUT2D eigenvalue weighted by Gasteiger charge is 2.23. The molecule has 1 aliphatic heterocycles. The number of rotatable bonds is 9. The predicted octanol–water partition coefficient (Wildman–Crippen LogP) is 3.39. The van der Waals surface area contributed by atoms with Crippen molar-refractivity contribution in [1.82, 2.24) is 9.88 Å². The normalized spacial score (nSPS) is 19.6. The number of anilines is 2. The highest BCUT2D eigenvalue weighted by atomic mass is 16.5. The summed E-state index contributed by atoms with van der Waals surface area (Å²) >= 11 is 0. The third kappa shape index (κ3) is 6.42. The Hall–Kier alpha value is -2.15. The molecular formula is C23H34N4O2. The second-order valence-corrected chi connectivity index (χ2v) is 7.92. The van der Waals surface area contributed by atoms with E-state index in [4.69, 9.17) is 9.47 Å². The summed E-state index contributed by atoms with van der Waals surface area (Å²) in [7, 11) is 3.84. The molecule has 0 spiro atoms. The Balaban J connectivity index is 1.64. The summed E-state index contributed by atoms with van der Waals surface area (Å²) in [4.78, 5) is 9.19. The van der Waals surface area contributed by atoms with E-state index in [0.717, 1.165) is 45.1 Å². The van der Waals surface area contributed by atoms with Crippen LogP contribution in [0.25, 0.3) is 0 Å². The molecule has 1 saturated heterocycles. The van der Waals surface area contributed by atoms with E-state index in [1.54, 1.807) is 7.11 Å². The van der Waals surface area contributed by atoms with Crippen LogP contribution in [0.5, 0.6) is 0 Å². The van der Waals surface area contributed by atoms with E-state index in [9.17, 15) is 0 Å². The first-order valence-corrected chi connectivity index (χ1v) is 10.4. The van der Waals surface area contributed by atoms with E-state index in [2.05, 4.69) is 77.4 Å². The van der Waals surface area contributed by atoms with Crippen molar-refractivity contribution in [1.29, 1.82) is 0 Å². The van der Waals surface area contributed by atoms with Crippen LogP contribution in [0.3, 0.4) is 0 Å². The number of hydrogen-bond donors (Lipinski definition) is 1. The Morgan fingerprint density at radius 3 is 2.72 bits per heavy atom. The van der Waals surface area contributed by atoms with Gasteiger partial charge in [-0.1, -0.05) is 18.2 Å². The van der Waals surface area contributed by atoms with Crippen LogP contribution in [-0.4, -0.2) is 62.5 Å². The third-order valence-corrected chi connectivity index (χ3v) is 5.17. The maximum absolute atomic E-state index is 5.90. The lowest BCUT2D eigenvalue weighted by Gasteiger charge is -2.37. The average Bonchev–Trinajstić information content (AvgIpc) is 2.70. The molecule has 1 fully saturated rings. The van der Waals surface area contributed by atoms with Crippen molar-refractivity contribution in [2.24, 2.45) is 0 Å². The minimum Gasteiger partial charge on any atom is -0.383 e. The number of ether oxygens (including phenoxy) is 2. The lowest BCUT2D eigenvalue weighted by Crippen LogP contribution is -2.45. The van der Waals surface area contributed by atoms with Crippen molar-refractivity contribution in [3.63, 3.8) is 0 Å². The van der Waals surface area contributed by atoms with Gasteiger partial charge in [0.2, 0.25) is 0 Å². The number of para-hydroxylation sites is 1. The Morgan fingerprint density at radius 1 is 1.21 bits per heavy atom. The molecule has 0 aliphatic carbocycles. The zero-order valence-electron chi connectivity index (χ0n) is 18.1. The van der Waals surface area contributed by atoms with E-state index in [1.807, 2.05) is 6.20 Å². The number of pyridine rings is 1. The van der Waals surface area contributed by atoms with E-state index in [1.165, 1.54) is 16.8 Å². The van der Waals surface area contributed by atoms with Crippen LogP contribution < -0.4 is 10.2 Å². The molecule has 2 heterocycles. The lowest BCUT2D eigenvalue weighted by atomic mass is 10.1. The van der Waals surface area contributed by atoms with Gasteiger partial charge in [0.25, 0.3) is 0 Å². The molecule has 6 heteroatoms. The molecule has 3 rings (SSSR count). The molecule has 29 heavy (non-hydrogen) atoms. The van der Waals surface area contributed by atoms with Crippen molar-refractivity contribution in [3.05, 3.63) is 53.7 Å². The Kier molecular flexibility index (Phi) is 7.86. The molecule has 0 amide bonds. The fourth-order valence-electron chi connectivity index (χ4n) is 3.84. The molecule has 1 N–H and O–H groups in total. The van der Waals surface area contributed by atoms with Gasteiger partial charge in [-0.05, 0) is 50.2 Å². The van der Waals surface area contributed by atoms with E-state index in [0.29, 0.717) is 0 Å². The van der Waals surface area contributed by atoms with Crippen LogP contribution >= 0.6 is 0 Å². The predicted molar refractivity (Wildman–Crippen MR) is 118 cm³/mol. The standard InChI is InChI=1S/C23H34N4O2/c1-18-15-27(16-19(2)29-18)22-8-6-5-7-21(22)14-25-23-13-20(9-10-24-23)17-26(3)11-12-28-4/h5-10,13,18-19H,11-12,14-17H2,1-4H3,(H,24,25).